The van der Waals surface area contributed by atoms with Crippen molar-refractivity contribution < 1.29 is 14.3 Å². The van der Waals surface area contributed by atoms with Gasteiger partial charge in [0, 0.05) is 6.42 Å². The molecule has 2 heterocycles. The molecule has 0 radical (unpaired) electrons. The van der Waals surface area contributed by atoms with Crippen LogP contribution in [0.25, 0.3) is 0 Å². The highest BCUT2D eigenvalue weighted by Gasteiger charge is 2.38. The van der Waals surface area contributed by atoms with Crippen molar-refractivity contribution in [2.24, 2.45) is 0 Å². The highest BCUT2D eigenvalue weighted by atomic mass is 16.6. The van der Waals surface area contributed by atoms with Gasteiger partial charge in [0.05, 0.1) is 12.7 Å². The first-order valence-electron chi connectivity index (χ1n) is 4.76. The number of hydrogen-bond acceptors (Lipinski definition) is 3. The van der Waals surface area contributed by atoms with E-state index >= 15 is 0 Å². The molecule has 2 saturated heterocycles. The van der Waals surface area contributed by atoms with Crippen LogP contribution in [-0.2, 0) is 14.3 Å². The summed E-state index contributed by atoms with van der Waals surface area (Å²) in [5.41, 5.74) is 0.892. The Morgan fingerprint density at radius 1 is 1.46 bits per heavy atom. The lowest BCUT2D eigenvalue weighted by atomic mass is 10.0. The predicted molar refractivity (Wildman–Crippen MR) is 49.3 cm³/mol. The van der Waals surface area contributed by atoms with Gasteiger partial charge in [-0.25, -0.2) is 0 Å². The van der Waals surface area contributed by atoms with Crippen molar-refractivity contribution in [3.8, 4) is 0 Å². The summed E-state index contributed by atoms with van der Waals surface area (Å²) in [6, 6.07) is 0. The number of hydrogen-bond donors (Lipinski definition) is 0. The lowest BCUT2D eigenvalue weighted by molar-refractivity contribution is -0.157. The van der Waals surface area contributed by atoms with Crippen molar-refractivity contribution in [2.75, 3.05) is 6.61 Å². The molecule has 3 heteroatoms. The Hall–Kier alpha value is -0.830. The smallest absolute Gasteiger partial charge is 0.306 e. The minimum atomic E-state index is -0.156. The Kier molecular flexibility index (Phi) is 3.48. The van der Waals surface area contributed by atoms with E-state index in [0.29, 0.717) is 13.0 Å². The summed E-state index contributed by atoms with van der Waals surface area (Å²) in [5.74, 6) is -0.127. The van der Waals surface area contributed by atoms with Crippen LogP contribution in [0.3, 0.4) is 0 Å². The van der Waals surface area contributed by atoms with E-state index in [1.165, 1.54) is 0 Å². The second kappa shape index (κ2) is 4.42. The van der Waals surface area contributed by atoms with Crippen molar-refractivity contribution in [3.63, 3.8) is 0 Å². The van der Waals surface area contributed by atoms with Gasteiger partial charge in [-0.05, 0) is 12.0 Å². The van der Waals surface area contributed by atoms with E-state index in [-0.39, 0.29) is 18.2 Å². The minimum Gasteiger partial charge on any atom is -0.455 e. The monoisotopic (exact) mass is 184 g/mol. The molecule has 0 bridgehead atoms. The fourth-order valence-corrected chi connectivity index (χ4v) is 1.50. The minimum absolute atomic E-state index is 0.0835. The van der Waals surface area contributed by atoms with E-state index in [4.69, 9.17) is 9.47 Å². The third-order valence-electron chi connectivity index (χ3n) is 2.11. The summed E-state index contributed by atoms with van der Waals surface area (Å²) >= 11 is 0. The fourth-order valence-electron chi connectivity index (χ4n) is 1.50. The maximum absolute atomic E-state index is 10.8. The van der Waals surface area contributed by atoms with E-state index in [9.17, 15) is 4.79 Å². The van der Waals surface area contributed by atoms with Crippen LogP contribution in [-0.4, -0.2) is 24.8 Å². The summed E-state index contributed by atoms with van der Waals surface area (Å²) in [6.07, 6.45) is 1.19. The third-order valence-corrected chi connectivity index (χ3v) is 2.11. The molecule has 2 rings (SSSR count). The van der Waals surface area contributed by atoms with Crippen LogP contribution in [0, 0.1) is 0 Å². The Labute approximate surface area is 78.7 Å². The van der Waals surface area contributed by atoms with Crippen LogP contribution in [0.4, 0.5) is 0 Å². The standard InChI is InChI=1S/C8H10O3.C2H6/c1-5-4-10-6-2-3-7(9)11-8(5)6;1-2/h6,8H,1-4H2;1-2H3. The highest BCUT2D eigenvalue weighted by molar-refractivity contribution is 5.71. The van der Waals surface area contributed by atoms with Gasteiger partial charge in [0.1, 0.15) is 0 Å². The van der Waals surface area contributed by atoms with Crippen molar-refractivity contribution in [1.82, 2.24) is 0 Å². The molecule has 0 aromatic heterocycles. The molecule has 2 atom stereocenters. The van der Waals surface area contributed by atoms with Crippen molar-refractivity contribution in [3.05, 3.63) is 12.2 Å². The van der Waals surface area contributed by atoms with E-state index in [1.54, 1.807) is 0 Å². The van der Waals surface area contributed by atoms with Gasteiger partial charge in [-0.3, -0.25) is 4.79 Å². The summed E-state index contributed by atoms with van der Waals surface area (Å²) in [5, 5.41) is 0. The predicted octanol–water partition coefficient (Wildman–Crippen LogP) is 1.67. The molecule has 2 aliphatic heterocycles. The molecule has 0 aromatic carbocycles. The zero-order valence-electron chi connectivity index (χ0n) is 8.21. The lowest BCUT2D eigenvalue weighted by Crippen LogP contribution is -2.33. The van der Waals surface area contributed by atoms with Gasteiger partial charge in [-0.2, -0.15) is 0 Å². The zero-order chi connectivity index (χ0) is 9.84. The van der Waals surface area contributed by atoms with Gasteiger partial charge in [-0.15, -0.1) is 0 Å². The van der Waals surface area contributed by atoms with Crippen molar-refractivity contribution >= 4 is 5.97 Å². The zero-order valence-corrected chi connectivity index (χ0v) is 8.21. The number of fused-ring (bicyclic) bond motifs is 1. The highest BCUT2D eigenvalue weighted by Crippen LogP contribution is 2.28. The number of ether oxygens (including phenoxy) is 2. The molecule has 74 valence electrons. The van der Waals surface area contributed by atoms with Crippen LogP contribution >= 0.6 is 0 Å². The van der Waals surface area contributed by atoms with Gasteiger partial charge in [-0.1, -0.05) is 20.4 Å². The van der Waals surface area contributed by atoms with Crippen LogP contribution in [0.15, 0.2) is 12.2 Å². The van der Waals surface area contributed by atoms with Gasteiger partial charge in [0.25, 0.3) is 0 Å². The second-order valence-electron chi connectivity index (χ2n) is 2.96. The largest absolute Gasteiger partial charge is 0.455 e. The normalized spacial score (nSPS) is 31.5. The molecular weight excluding hydrogens is 168 g/mol. The van der Waals surface area contributed by atoms with Gasteiger partial charge < -0.3 is 9.47 Å². The van der Waals surface area contributed by atoms with E-state index in [0.717, 1.165) is 12.0 Å². The van der Waals surface area contributed by atoms with Crippen molar-refractivity contribution in [1.29, 1.82) is 0 Å². The van der Waals surface area contributed by atoms with Gasteiger partial charge in [0.2, 0.25) is 0 Å². The average molecular weight is 184 g/mol. The first-order valence-corrected chi connectivity index (χ1v) is 4.76. The summed E-state index contributed by atoms with van der Waals surface area (Å²) in [4.78, 5) is 10.8. The summed E-state index contributed by atoms with van der Waals surface area (Å²) in [7, 11) is 0. The quantitative estimate of drug-likeness (QED) is 0.424. The molecule has 0 amide bonds. The number of rotatable bonds is 0. The Morgan fingerprint density at radius 3 is 2.85 bits per heavy atom. The van der Waals surface area contributed by atoms with Crippen LogP contribution in [0.2, 0.25) is 0 Å². The lowest BCUT2D eigenvalue weighted by Gasteiger charge is -2.23. The Morgan fingerprint density at radius 2 is 2.15 bits per heavy atom. The summed E-state index contributed by atoms with van der Waals surface area (Å²) in [6.45, 7) is 8.32. The van der Waals surface area contributed by atoms with Crippen LogP contribution in [0.1, 0.15) is 26.7 Å². The molecule has 2 unspecified atom stereocenters. The molecular formula is C10H16O3. The fraction of sp³-hybridized carbons (Fsp3) is 0.700. The molecule has 2 aliphatic rings. The maximum atomic E-state index is 10.8. The van der Waals surface area contributed by atoms with E-state index in [2.05, 4.69) is 6.58 Å². The number of carbonyl (C=O) groups is 1. The molecule has 0 saturated carbocycles. The van der Waals surface area contributed by atoms with Crippen LogP contribution in [0.5, 0.6) is 0 Å². The molecule has 3 nitrogen and oxygen atoms in total. The first-order chi connectivity index (χ1) is 6.27. The Balaban J connectivity index is 0.000000396. The van der Waals surface area contributed by atoms with E-state index in [1.807, 2.05) is 13.8 Å². The molecule has 0 aromatic rings. The third kappa shape index (κ3) is 2.10. The second-order valence-corrected chi connectivity index (χ2v) is 2.96. The van der Waals surface area contributed by atoms with Gasteiger partial charge >= 0.3 is 5.97 Å². The number of esters is 1. The van der Waals surface area contributed by atoms with Crippen LogP contribution < -0.4 is 0 Å². The molecule has 0 spiro atoms. The topological polar surface area (TPSA) is 35.5 Å². The average Bonchev–Trinajstić information content (AvgIpc) is 2.52. The SMILES string of the molecule is C=C1COC2CCC(=O)OC12.CC. The Bertz CT molecular complexity index is 210. The van der Waals surface area contributed by atoms with Gasteiger partial charge in [0.15, 0.2) is 6.10 Å². The molecule has 0 N–H and O–H groups in total. The summed E-state index contributed by atoms with van der Waals surface area (Å²) < 4.78 is 10.4. The van der Waals surface area contributed by atoms with Crippen molar-refractivity contribution in [2.45, 2.75) is 38.9 Å². The molecule has 0 aliphatic carbocycles. The number of carbonyl (C=O) groups excluding carboxylic acids is 1. The first kappa shape index (κ1) is 10.3. The van der Waals surface area contributed by atoms with E-state index < -0.39 is 0 Å². The molecule has 2 fully saturated rings. The molecule has 13 heavy (non-hydrogen) atoms. The maximum Gasteiger partial charge on any atom is 0.306 e.